The topological polar surface area (TPSA) is 158 Å². The zero-order valence-electron chi connectivity index (χ0n) is 22.8. The van der Waals surface area contributed by atoms with Crippen LogP contribution in [0, 0.1) is 0 Å². The normalized spacial score (nSPS) is 25.4. The van der Waals surface area contributed by atoms with Crippen LogP contribution in [0.2, 0.25) is 0 Å². The molecule has 5 rings (SSSR count). The molecule has 40 heavy (non-hydrogen) atoms. The molecule has 1 amide bonds. The Labute approximate surface area is 232 Å². The number of benzene rings is 1. The van der Waals surface area contributed by atoms with Crippen LogP contribution in [0.25, 0.3) is 10.9 Å². The molecule has 2 aliphatic carbocycles. The van der Waals surface area contributed by atoms with Gasteiger partial charge in [-0.3, -0.25) is 4.79 Å². The molecule has 3 atom stereocenters. The summed E-state index contributed by atoms with van der Waals surface area (Å²) in [6.45, 7) is -0.459. The number of methoxy groups -OCH3 is 1. The Morgan fingerprint density at radius 2 is 1.88 bits per heavy atom. The number of aromatic nitrogens is 1. The van der Waals surface area contributed by atoms with E-state index < -0.39 is 46.3 Å². The van der Waals surface area contributed by atoms with Crippen molar-refractivity contribution in [3.8, 4) is 0 Å². The van der Waals surface area contributed by atoms with Gasteiger partial charge in [-0.1, -0.05) is 25.3 Å². The van der Waals surface area contributed by atoms with Gasteiger partial charge in [0.2, 0.25) is 5.60 Å². The van der Waals surface area contributed by atoms with Crippen LogP contribution in [0.4, 0.5) is 0 Å². The molecule has 1 saturated carbocycles. The van der Waals surface area contributed by atoms with E-state index in [0.717, 1.165) is 53.1 Å². The third-order valence-electron chi connectivity index (χ3n) is 8.49. The number of carbonyl (C=O) groups excluding carboxylic acids is 1. The quantitative estimate of drug-likeness (QED) is 0.410. The molecule has 0 spiro atoms. The highest BCUT2D eigenvalue weighted by Crippen LogP contribution is 2.50. The van der Waals surface area contributed by atoms with Gasteiger partial charge >= 0.3 is 16.2 Å². The molecule has 1 aliphatic heterocycles. The number of amides is 1. The highest BCUT2D eigenvalue weighted by Gasteiger charge is 2.52. The van der Waals surface area contributed by atoms with Crippen LogP contribution in [-0.4, -0.2) is 77.4 Å². The monoisotopic (exact) mass is 573 g/mol. The van der Waals surface area contributed by atoms with Gasteiger partial charge in [-0.2, -0.15) is 12.7 Å². The number of carboxylic acid groups (broad SMARTS) is 1. The summed E-state index contributed by atoms with van der Waals surface area (Å²) in [4.78, 5) is 25.5. The summed E-state index contributed by atoms with van der Waals surface area (Å²) >= 11 is 0. The summed E-state index contributed by atoms with van der Waals surface area (Å²) in [6.07, 6.45) is 7.29. The summed E-state index contributed by atoms with van der Waals surface area (Å²) in [5.41, 5.74) is 0.188. The SMILES string of the molecule is COC1=CCC2C(=C1)[C@H](O)[C@@](O)(C(=O)O)Cn1c2c(C2CCCCC2)c2ccc(C(=O)NS(=O)(=O)N(C)C)cc21. The van der Waals surface area contributed by atoms with Crippen molar-refractivity contribution in [1.29, 1.82) is 0 Å². The molecule has 3 aliphatic rings. The van der Waals surface area contributed by atoms with Gasteiger partial charge < -0.3 is 24.6 Å². The molecule has 1 aromatic heterocycles. The molecule has 0 radical (unpaired) electrons. The van der Waals surface area contributed by atoms with Gasteiger partial charge in [0, 0.05) is 42.2 Å². The van der Waals surface area contributed by atoms with E-state index in [1.54, 1.807) is 22.8 Å². The first kappa shape index (κ1) is 28.3. The van der Waals surface area contributed by atoms with Crippen LogP contribution in [0.15, 0.2) is 41.7 Å². The van der Waals surface area contributed by atoms with Gasteiger partial charge in [-0.05, 0) is 60.6 Å². The number of carbonyl (C=O) groups is 2. The first-order valence-electron chi connectivity index (χ1n) is 13.4. The smallest absolute Gasteiger partial charge is 0.340 e. The van der Waals surface area contributed by atoms with Gasteiger partial charge in [0.25, 0.3) is 5.91 Å². The summed E-state index contributed by atoms with van der Waals surface area (Å²) in [5.74, 6) is -2.20. The summed E-state index contributed by atoms with van der Waals surface area (Å²) < 4.78 is 34.7. The van der Waals surface area contributed by atoms with Crippen molar-refractivity contribution in [2.45, 2.75) is 68.6 Å². The molecule has 2 heterocycles. The molecular weight excluding hydrogens is 538 g/mol. The number of hydrogen-bond donors (Lipinski definition) is 4. The summed E-state index contributed by atoms with van der Waals surface area (Å²) in [6, 6.07) is 4.87. The van der Waals surface area contributed by atoms with Crippen LogP contribution >= 0.6 is 0 Å². The molecule has 1 unspecified atom stereocenters. The lowest BCUT2D eigenvalue weighted by Gasteiger charge is -2.32. The van der Waals surface area contributed by atoms with Gasteiger partial charge in [0.1, 0.15) is 11.9 Å². The Morgan fingerprint density at radius 3 is 2.50 bits per heavy atom. The number of nitrogens with one attached hydrogen (secondary N) is 1. The molecular formula is C28H35N3O8S. The lowest BCUT2D eigenvalue weighted by molar-refractivity contribution is -0.170. The molecule has 0 bridgehead atoms. The lowest BCUT2D eigenvalue weighted by atomic mass is 9.76. The zero-order chi connectivity index (χ0) is 29.0. The van der Waals surface area contributed by atoms with E-state index in [4.69, 9.17) is 4.74 Å². The van der Waals surface area contributed by atoms with E-state index in [1.165, 1.54) is 27.3 Å². The number of aliphatic carboxylic acids is 1. The van der Waals surface area contributed by atoms with Crippen LogP contribution in [0.5, 0.6) is 0 Å². The lowest BCUT2D eigenvalue weighted by Crippen LogP contribution is -2.52. The number of aliphatic hydroxyl groups excluding tert-OH is 1. The highest BCUT2D eigenvalue weighted by molar-refractivity contribution is 7.87. The first-order chi connectivity index (χ1) is 18.9. The number of carboxylic acids is 1. The second kappa shape index (κ2) is 10.3. The Bertz CT molecular complexity index is 1530. The third kappa shape index (κ3) is 4.62. The minimum atomic E-state index is -4.04. The van der Waals surface area contributed by atoms with Gasteiger partial charge in [0.05, 0.1) is 13.7 Å². The van der Waals surface area contributed by atoms with E-state index in [1.807, 2.05) is 10.8 Å². The van der Waals surface area contributed by atoms with Gasteiger partial charge in [0.15, 0.2) is 0 Å². The fraction of sp³-hybridized carbons (Fsp3) is 0.500. The molecule has 0 saturated heterocycles. The van der Waals surface area contributed by atoms with Crippen molar-refractivity contribution < 1.29 is 38.1 Å². The number of allylic oxidation sites excluding steroid dienone is 2. The maximum Gasteiger partial charge on any atom is 0.340 e. The van der Waals surface area contributed by atoms with Crippen LogP contribution < -0.4 is 4.72 Å². The summed E-state index contributed by atoms with van der Waals surface area (Å²) in [5, 5.41) is 33.8. The zero-order valence-corrected chi connectivity index (χ0v) is 23.6. The van der Waals surface area contributed by atoms with Gasteiger partial charge in [-0.15, -0.1) is 0 Å². The Morgan fingerprint density at radius 1 is 1.18 bits per heavy atom. The largest absolute Gasteiger partial charge is 0.497 e. The molecule has 216 valence electrons. The average molecular weight is 574 g/mol. The van der Waals surface area contributed by atoms with E-state index in [-0.39, 0.29) is 11.5 Å². The van der Waals surface area contributed by atoms with Crippen LogP contribution in [-0.2, 0) is 26.3 Å². The number of hydrogen-bond acceptors (Lipinski definition) is 7. The van der Waals surface area contributed by atoms with Crippen molar-refractivity contribution in [2.75, 3.05) is 21.2 Å². The van der Waals surface area contributed by atoms with Gasteiger partial charge in [-0.25, -0.2) is 9.52 Å². The molecule has 1 fully saturated rings. The van der Waals surface area contributed by atoms with E-state index in [9.17, 15) is 33.3 Å². The molecule has 11 nitrogen and oxygen atoms in total. The minimum absolute atomic E-state index is 0.0676. The maximum absolute atomic E-state index is 13.0. The van der Waals surface area contributed by atoms with Crippen molar-refractivity contribution in [1.82, 2.24) is 13.6 Å². The van der Waals surface area contributed by atoms with E-state index >= 15 is 0 Å². The first-order valence-corrected chi connectivity index (χ1v) is 14.8. The van der Waals surface area contributed by atoms with Crippen molar-refractivity contribution in [2.24, 2.45) is 0 Å². The fourth-order valence-corrected chi connectivity index (χ4v) is 6.87. The average Bonchev–Trinajstić information content (AvgIpc) is 3.20. The Kier molecular flexibility index (Phi) is 7.32. The third-order valence-corrected chi connectivity index (χ3v) is 9.90. The second-order valence-electron chi connectivity index (χ2n) is 11.0. The predicted octanol–water partition coefficient (Wildman–Crippen LogP) is 2.36. The molecule has 1 aromatic carbocycles. The number of aliphatic hydroxyl groups is 2. The standard InChI is InChI=1S/C28H35N3O8S/c1-30(2)40(37,38)29-26(33)17-9-11-20-22(13-17)31-15-28(36,27(34)35)25(32)21-14-18(39-3)10-12-19(21)24(31)23(20)16-7-5-4-6-8-16/h9-11,13-14,16,19,25,32,36H,4-8,12,15H2,1-3H3,(H,29,33)(H,34,35)/t19?,25-,28+/m0/s1. The minimum Gasteiger partial charge on any atom is -0.497 e. The van der Waals surface area contributed by atoms with Crippen molar-refractivity contribution in [3.63, 3.8) is 0 Å². The number of rotatable bonds is 6. The molecule has 2 aromatic rings. The second-order valence-corrected chi connectivity index (χ2v) is 12.9. The molecule has 12 heteroatoms. The predicted molar refractivity (Wildman–Crippen MR) is 147 cm³/mol. The number of ether oxygens (including phenoxy) is 1. The summed E-state index contributed by atoms with van der Waals surface area (Å²) in [7, 11) is 0.0541. The molecule has 4 N–H and O–H groups in total. The number of fused-ring (bicyclic) bond motifs is 5. The Hall–Kier alpha value is -3.19. The number of nitrogens with zero attached hydrogens (tertiary/aromatic N) is 2. The highest BCUT2D eigenvalue weighted by atomic mass is 32.2. The Balaban J connectivity index is 1.77. The van der Waals surface area contributed by atoms with E-state index in [2.05, 4.69) is 0 Å². The van der Waals surface area contributed by atoms with Crippen LogP contribution in [0.3, 0.4) is 0 Å². The van der Waals surface area contributed by atoms with E-state index in [0.29, 0.717) is 23.3 Å². The van der Waals surface area contributed by atoms with Crippen molar-refractivity contribution in [3.05, 3.63) is 58.5 Å². The van der Waals surface area contributed by atoms with Crippen molar-refractivity contribution >= 4 is 33.0 Å². The van der Waals surface area contributed by atoms with Crippen LogP contribution in [0.1, 0.15) is 72.0 Å². The maximum atomic E-state index is 13.0. The fourth-order valence-electron chi connectivity index (χ4n) is 6.33.